The van der Waals surface area contributed by atoms with Gasteiger partial charge in [-0.05, 0) is 36.3 Å². The highest BCUT2D eigenvalue weighted by molar-refractivity contribution is 5.70. The van der Waals surface area contributed by atoms with Crippen molar-refractivity contribution >= 4 is 11.5 Å². The van der Waals surface area contributed by atoms with Gasteiger partial charge in [0.2, 0.25) is 0 Å². The Hall–Kier alpha value is -4.35. The molecule has 1 N–H and O–H groups in total. The Balaban J connectivity index is 1.22. The molecular weight excluding hydrogens is 519 g/mol. The molecule has 2 aliphatic rings. The molecule has 0 saturated heterocycles. The molecule has 9 nitrogen and oxygen atoms in total. The van der Waals surface area contributed by atoms with E-state index < -0.39 is 11.9 Å². The van der Waals surface area contributed by atoms with Crippen molar-refractivity contribution in [2.75, 3.05) is 5.32 Å². The van der Waals surface area contributed by atoms with Gasteiger partial charge < -0.3 is 9.88 Å². The summed E-state index contributed by atoms with van der Waals surface area (Å²) in [5.41, 5.74) is 5.36. The number of hydrogen-bond donors (Lipinski definition) is 1. The van der Waals surface area contributed by atoms with Gasteiger partial charge in [-0.25, -0.2) is 29.4 Å². The number of aromatic nitrogens is 8. The monoisotopic (exact) mass is 545 g/mol. The molecule has 204 valence electrons. The smallest absolute Gasteiger partial charge is 0.363 e. The van der Waals surface area contributed by atoms with Crippen molar-refractivity contribution in [2.45, 2.75) is 64.2 Å². The molecule has 7 rings (SSSR count). The number of nitrogens with one attached hydrogen (secondary N) is 1. The average Bonchev–Trinajstić information content (AvgIpc) is 3.51. The SMILES string of the molecule is CCc1ncnc(C2CC2)c1-c1nc(NCc2ccc3c(c2)C(C)Cn2c(C(F)(F)F)cnc2-3)c2nccn2n1. The van der Waals surface area contributed by atoms with E-state index in [4.69, 9.17) is 10.1 Å². The van der Waals surface area contributed by atoms with Gasteiger partial charge in [-0.15, -0.1) is 5.10 Å². The number of halogens is 3. The van der Waals surface area contributed by atoms with Gasteiger partial charge in [-0.2, -0.15) is 13.2 Å². The van der Waals surface area contributed by atoms with Crippen molar-refractivity contribution < 1.29 is 13.2 Å². The quantitative estimate of drug-likeness (QED) is 0.295. The molecule has 1 saturated carbocycles. The molecule has 0 bridgehead atoms. The van der Waals surface area contributed by atoms with Gasteiger partial charge in [-0.1, -0.05) is 32.0 Å². The Bertz CT molecular complexity index is 1750. The van der Waals surface area contributed by atoms with Gasteiger partial charge in [-0.3, -0.25) is 0 Å². The van der Waals surface area contributed by atoms with Crippen molar-refractivity contribution in [3.8, 4) is 22.8 Å². The summed E-state index contributed by atoms with van der Waals surface area (Å²) in [4.78, 5) is 22.6. The van der Waals surface area contributed by atoms with Crippen molar-refractivity contribution in [3.05, 3.63) is 71.3 Å². The zero-order chi connectivity index (χ0) is 27.6. The third-order valence-electron chi connectivity index (χ3n) is 7.68. The fraction of sp³-hybridized carbons (Fsp3) is 0.357. The Kier molecular flexibility index (Phi) is 5.62. The maximum atomic E-state index is 13.5. The van der Waals surface area contributed by atoms with Crippen LogP contribution in [0.2, 0.25) is 0 Å². The number of nitrogens with zero attached hydrogens (tertiary/aromatic N) is 8. The Labute approximate surface area is 227 Å². The number of hydrogen-bond acceptors (Lipinski definition) is 7. The number of benzene rings is 1. The molecule has 1 aliphatic heterocycles. The van der Waals surface area contributed by atoms with E-state index >= 15 is 0 Å². The number of anilines is 1. The van der Waals surface area contributed by atoms with E-state index in [2.05, 4.69) is 32.2 Å². The minimum absolute atomic E-state index is 0.103. The third kappa shape index (κ3) is 4.09. The van der Waals surface area contributed by atoms with Crippen LogP contribution in [0.5, 0.6) is 0 Å². The standard InChI is InChI=1S/C28H26F3N9/c1-3-20-22(23(17-5-6-17)36-14-35-20)24-37-25(27-32-8-9-40(27)38-24)33-11-16-4-7-18-19(10-16)15(2)13-39-21(28(29,30)31)12-34-26(18)39/h4,7-10,12,14-15,17H,3,5-6,11,13H2,1-2H3,(H,33,37,38). The van der Waals surface area contributed by atoms with E-state index in [-0.39, 0.29) is 12.5 Å². The molecule has 1 aromatic carbocycles. The summed E-state index contributed by atoms with van der Waals surface area (Å²) >= 11 is 0. The largest absolute Gasteiger partial charge is 0.433 e. The predicted octanol–water partition coefficient (Wildman–Crippen LogP) is 5.63. The number of imidazole rings is 2. The summed E-state index contributed by atoms with van der Waals surface area (Å²) in [5.74, 6) is 1.79. The molecule has 1 atom stereocenters. The number of alkyl halides is 3. The number of rotatable bonds is 6. The van der Waals surface area contributed by atoms with E-state index in [1.54, 1.807) is 23.2 Å². The summed E-state index contributed by atoms with van der Waals surface area (Å²) in [6.45, 7) is 4.67. The van der Waals surface area contributed by atoms with E-state index in [0.29, 0.717) is 35.6 Å². The van der Waals surface area contributed by atoms with Crippen LogP contribution in [0.1, 0.15) is 66.7 Å². The van der Waals surface area contributed by atoms with E-state index in [1.165, 1.54) is 4.57 Å². The lowest BCUT2D eigenvalue weighted by molar-refractivity contribution is -0.143. The van der Waals surface area contributed by atoms with Crippen molar-refractivity contribution in [1.82, 2.24) is 39.1 Å². The Morgan fingerprint density at radius 1 is 1.10 bits per heavy atom. The van der Waals surface area contributed by atoms with Crippen LogP contribution in [0.25, 0.3) is 28.4 Å². The lowest BCUT2D eigenvalue weighted by Gasteiger charge is -2.26. The average molecular weight is 546 g/mol. The van der Waals surface area contributed by atoms with Crippen molar-refractivity contribution in [2.24, 2.45) is 0 Å². The fourth-order valence-electron chi connectivity index (χ4n) is 5.56. The van der Waals surface area contributed by atoms with E-state index in [0.717, 1.165) is 59.1 Å². The molecule has 0 amide bonds. The fourth-order valence-corrected chi connectivity index (χ4v) is 5.56. The zero-order valence-corrected chi connectivity index (χ0v) is 21.9. The molecule has 4 aromatic heterocycles. The minimum Gasteiger partial charge on any atom is -0.363 e. The van der Waals surface area contributed by atoms with Crippen LogP contribution in [-0.2, 0) is 25.7 Å². The summed E-state index contributed by atoms with van der Waals surface area (Å²) in [6.07, 6.45) is 4.51. The molecule has 40 heavy (non-hydrogen) atoms. The molecule has 5 aromatic rings. The first-order valence-corrected chi connectivity index (χ1v) is 13.4. The Morgan fingerprint density at radius 3 is 2.73 bits per heavy atom. The molecule has 0 spiro atoms. The summed E-state index contributed by atoms with van der Waals surface area (Å²) in [5, 5.41) is 8.16. The minimum atomic E-state index is -4.44. The highest BCUT2D eigenvalue weighted by Gasteiger charge is 2.38. The second kappa shape index (κ2) is 9.10. The summed E-state index contributed by atoms with van der Waals surface area (Å²) < 4.78 is 43.4. The molecular formula is C28H26F3N9. The maximum Gasteiger partial charge on any atom is 0.433 e. The summed E-state index contributed by atoms with van der Waals surface area (Å²) in [6, 6.07) is 5.80. The molecule has 12 heteroatoms. The van der Waals surface area contributed by atoms with Gasteiger partial charge in [0.05, 0.1) is 23.1 Å². The third-order valence-corrected chi connectivity index (χ3v) is 7.68. The van der Waals surface area contributed by atoms with Crippen LogP contribution < -0.4 is 5.32 Å². The van der Waals surface area contributed by atoms with Gasteiger partial charge in [0, 0.05) is 37.0 Å². The lowest BCUT2D eigenvalue weighted by Crippen LogP contribution is -2.21. The Morgan fingerprint density at radius 2 is 1.95 bits per heavy atom. The first kappa shape index (κ1) is 24.7. The van der Waals surface area contributed by atoms with Crippen molar-refractivity contribution in [3.63, 3.8) is 0 Å². The molecule has 1 aliphatic carbocycles. The second-order valence-electron chi connectivity index (χ2n) is 10.4. The van der Waals surface area contributed by atoms with Crippen LogP contribution in [-0.4, -0.2) is 39.1 Å². The predicted molar refractivity (Wildman–Crippen MR) is 142 cm³/mol. The summed E-state index contributed by atoms with van der Waals surface area (Å²) in [7, 11) is 0. The van der Waals surface area contributed by atoms with Gasteiger partial charge in [0.25, 0.3) is 0 Å². The normalized spacial score (nSPS) is 16.7. The molecule has 5 heterocycles. The molecule has 1 fully saturated rings. The highest BCUT2D eigenvalue weighted by atomic mass is 19.4. The number of aryl methyl sites for hydroxylation is 1. The maximum absolute atomic E-state index is 13.5. The lowest BCUT2D eigenvalue weighted by atomic mass is 9.90. The first-order chi connectivity index (χ1) is 19.3. The van der Waals surface area contributed by atoms with Gasteiger partial charge >= 0.3 is 6.18 Å². The van der Waals surface area contributed by atoms with Crippen LogP contribution in [0.4, 0.5) is 19.0 Å². The second-order valence-corrected chi connectivity index (χ2v) is 10.4. The van der Waals surface area contributed by atoms with Gasteiger partial charge in [0.15, 0.2) is 17.3 Å². The number of fused-ring (bicyclic) bond motifs is 4. The van der Waals surface area contributed by atoms with E-state index in [9.17, 15) is 13.2 Å². The van der Waals surface area contributed by atoms with Crippen molar-refractivity contribution in [1.29, 1.82) is 0 Å². The van der Waals surface area contributed by atoms with Crippen LogP contribution in [0, 0.1) is 0 Å². The van der Waals surface area contributed by atoms with Gasteiger partial charge in [0.1, 0.15) is 17.8 Å². The first-order valence-electron chi connectivity index (χ1n) is 13.4. The van der Waals surface area contributed by atoms with Crippen LogP contribution >= 0.6 is 0 Å². The van der Waals surface area contributed by atoms with Crippen LogP contribution in [0.3, 0.4) is 0 Å². The van der Waals surface area contributed by atoms with Crippen LogP contribution in [0.15, 0.2) is 43.1 Å². The highest BCUT2D eigenvalue weighted by Crippen LogP contribution is 2.44. The van der Waals surface area contributed by atoms with E-state index in [1.807, 2.05) is 25.1 Å². The molecule has 1 unspecified atom stereocenters. The molecule has 0 radical (unpaired) electrons. The topological polar surface area (TPSA) is 98.7 Å². The zero-order valence-electron chi connectivity index (χ0n) is 21.9.